The number of aromatic nitrogens is 2. The summed E-state index contributed by atoms with van der Waals surface area (Å²) in [6, 6.07) is 7.41. The van der Waals surface area contributed by atoms with E-state index in [-0.39, 0.29) is 22.1 Å². The molecular formula is C20H17ClN4O6S. The zero-order valence-corrected chi connectivity index (χ0v) is 18.5. The molecule has 12 heteroatoms. The molecular weight excluding hydrogens is 460 g/mol. The summed E-state index contributed by atoms with van der Waals surface area (Å²) in [7, 11) is 2.51. The van der Waals surface area contributed by atoms with E-state index >= 15 is 0 Å². The minimum atomic E-state index is -0.892. The van der Waals surface area contributed by atoms with Crippen LogP contribution in [0.2, 0.25) is 5.02 Å². The number of carbonyl (C=O) groups is 3. The number of nitrogens with two attached hydrogens (primary N) is 1. The third-order valence-corrected chi connectivity index (χ3v) is 5.72. The fourth-order valence-corrected chi connectivity index (χ4v) is 3.53. The molecule has 0 radical (unpaired) electrons. The Morgan fingerprint density at radius 1 is 1.16 bits per heavy atom. The molecule has 0 aliphatic rings. The molecule has 2 aromatic heterocycles. The third kappa shape index (κ3) is 4.48. The van der Waals surface area contributed by atoms with E-state index in [0.717, 1.165) is 9.13 Å². The Bertz CT molecular complexity index is 1340. The zero-order valence-electron chi connectivity index (χ0n) is 16.9. The van der Waals surface area contributed by atoms with E-state index < -0.39 is 41.1 Å². The highest BCUT2D eigenvalue weighted by Crippen LogP contribution is 2.25. The van der Waals surface area contributed by atoms with Crippen molar-refractivity contribution in [3.8, 4) is 0 Å². The van der Waals surface area contributed by atoms with Crippen molar-refractivity contribution in [1.29, 1.82) is 0 Å². The second-order valence-electron chi connectivity index (χ2n) is 6.59. The van der Waals surface area contributed by atoms with Crippen molar-refractivity contribution in [2.24, 2.45) is 14.1 Å². The Hall–Kier alpha value is -3.70. The van der Waals surface area contributed by atoms with Crippen molar-refractivity contribution in [2.45, 2.75) is 0 Å². The Labute approximate surface area is 189 Å². The minimum absolute atomic E-state index is 0.0185. The van der Waals surface area contributed by atoms with E-state index in [0.29, 0.717) is 4.88 Å². The largest absolute Gasteiger partial charge is 0.454 e. The molecule has 2 heterocycles. The summed E-state index contributed by atoms with van der Waals surface area (Å²) in [4.78, 5) is 61.7. The molecule has 32 heavy (non-hydrogen) atoms. The van der Waals surface area contributed by atoms with E-state index in [2.05, 4.69) is 5.32 Å². The fourth-order valence-electron chi connectivity index (χ4n) is 2.75. The quantitative estimate of drug-likeness (QED) is 0.407. The number of nitrogen functional groups attached to an aromatic ring is 1. The highest BCUT2D eigenvalue weighted by atomic mass is 35.5. The number of benzene rings is 1. The molecule has 1 aromatic carbocycles. The Morgan fingerprint density at radius 2 is 1.88 bits per heavy atom. The van der Waals surface area contributed by atoms with Gasteiger partial charge in [0, 0.05) is 14.1 Å². The molecule has 1 amide bonds. The van der Waals surface area contributed by atoms with Gasteiger partial charge in [0.2, 0.25) is 5.78 Å². The average molecular weight is 477 g/mol. The lowest BCUT2D eigenvalue weighted by Crippen LogP contribution is -2.42. The number of rotatable bonds is 6. The highest BCUT2D eigenvalue weighted by Gasteiger charge is 2.22. The van der Waals surface area contributed by atoms with E-state index in [4.69, 9.17) is 22.1 Å². The van der Waals surface area contributed by atoms with E-state index in [1.807, 2.05) is 0 Å². The standard InChI is InChI=1S/C20H17ClN4O6S/c1-24-16(22)15(18(28)25(2)20(24)30)13(26)9-31-19(29)10-5-6-11(21)12(8-10)23-17(27)14-4-3-7-32-14/h3-8H,9,22H2,1-2H3,(H,23,27). The van der Waals surface area contributed by atoms with Gasteiger partial charge in [0.25, 0.3) is 11.5 Å². The molecule has 3 N–H and O–H groups in total. The van der Waals surface area contributed by atoms with Crippen molar-refractivity contribution in [3.63, 3.8) is 0 Å². The Morgan fingerprint density at radius 3 is 2.53 bits per heavy atom. The SMILES string of the molecule is Cn1c(N)c(C(=O)COC(=O)c2ccc(Cl)c(NC(=O)c3cccs3)c2)c(=O)n(C)c1=O. The third-order valence-electron chi connectivity index (χ3n) is 4.52. The molecule has 166 valence electrons. The van der Waals surface area contributed by atoms with Gasteiger partial charge in [-0.1, -0.05) is 17.7 Å². The molecule has 0 saturated carbocycles. The number of nitrogens with zero attached hydrogens (tertiary/aromatic N) is 2. The van der Waals surface area contributed by atoms with Crippen molar-refractivity contribution >= 4 is 52.1 Å². The summed E-state index contributed by atoms with van der Waals surface area (Å²) < 4.78 is 6.68. The first-order chi connectivity index (χ1) is 15.1. The molecule has 3 aromatic rings. The van der Waals surface area contributed by atoms with Gasteiger partial charge in [-0.15, -0.1) is 11.3 Å². The van der Waals surface area contributed by atoms with Crippen LogP contribution in [0.1, 0.15) is 30.4 Å². The van der Waals surface area contributed by atoms with Crippen LogP contribution in [-0.2, 0) is 18.8 Å². The van der Waals surface area contributed by atoms with Crippen LogP contribution >= 0.6 is 22.9 Å². The smallest absolute Gasteiger partial charge is 0.338 e. The van der Waals surface area contributed by atoms with Crippen LogP contribution in [0.3, 0.4) is 0 Å². The van der Waals surface area contributed by atoms with Gasteiger partial charge in [-0.2, -0.15) is 0 Å². The van der Waals surface area contributed by atoms with Crippen LogP contribution in [0, 0.1) is 0 Å². The molecule has 10 nitrogen and oxygen atoms in total. The van der Waals surface area contributed by atoms with Crippen molar-refractivity contribution in [1.82, 2.24) is 9.13 Å². The molecule has 3 rings (SSSR count). The summed E-state index contributed by atoms with van der Waals surface area (Å²) >= 11 is 7.33. The first kappa shape index (κ1) is 23.0. The number of carbonyl (C=O) groups excluding carboxylic acids is 3. The zero-order chi connectivity index (χ0) is 23.6. The monoisotopic (exact) mass is 476 g/mol. The molecule has 0 atom stereocenters. The topological polar surface area (TPSA) is 142 Å². The molecule has 0 aliphatic heterocycles. The first-order valence-corrected chi connectivity index (χ1v) is 10.3. The summed E-state index contributed by atoms with van der Waals surface area (Å²) in [6.07, 6.45) is 0. The van der Waals surface area contributed by atoms with Gasteiger partial charge in [-0.3, -0.25) is 23.5 Å². The molecule has 0 fully saturated rings. The van der Waals surface area contributed by atoms with Crippen LogP contribution in [0.15, 0.2) is 45.3 Å². The maximum absolute atomic E-state index is 12.5. The summed E-state index contributed by atoms with van der Waals surface area (Å²) in [5.74, 6) is -2.48. The number of halogens is 1. The second kappa shape index (κ2) is 9.20. The van der Waals surface area contributed by atoms with Crippen molar-refractivity contribution < 1.29 is 19.1 Å². The van der Waals surface area contributed by atoms with Crippen LogP contribution in [0.4, 0.5) is 11.5 Å². The molecule has 0 saturated heterocycles. The number of hydrogen-bond donors (Lipinski definition) is 2. The van der Waals surface area contributed by atoms with Gasteiger partial charge < -0.3 is 15.8 Å². The second-order valence-corrected chi connectivity index (χ2v) is 7.95. The van der Waals surface area contributed by atoms with Crippen LogP contribution in [0.25, 0.3) is 0 Å². The lowest BCUT2D eigenvalue weighted by molar-refractivity contribution is 0.0474. The van der Waals surface area contributed by atoms with Gasteiger partial charge in [0.1, 0.15) is 11.4 Å². The van der Waals surface area contributed by atoms with Crippen LogP contribution < -0.4 is 22.3 Å². The van der Waals surface area contributed by atoms with Crippen LogP contribution in [0.5, 0.6) is 0 Å². The van der Waals surface area contributed by atoms with Crippen LogP contribution in [-0.4, -0.2) is 33.4 Å². The fraction of sp³-hybridized carbons (Fsp3) is 0.150. The minimum Gasteiger partial charge on any atom is -0.454 e. The first-order valence-electron chi connectivity index (χ1n) is 9.02. The van der Waals surface area contributed by atoms with Crippen molar-refractivity contribution in [3.05, 3.63) is 77.6 Å². The van der Waals surface area contributed by atoms with Gasteiger partial charge >= 0.3 is 11.7 Å². The predicted molar refractivity (Wildman–Crippen MR) is 120 cm³/mol. The average Bonchev–Trinajstić information content (AvgIpc) is 3.31. The normalized spacial score (nSPS) is 10.6. The number of ketones is 1. The number of anilines is 2. The van der Waals surface area contributed by atoms with E-state index in [1.54, 1.807) is 17.5 Å². The summed E-state index contributed by atoms with van der Waals surface area (Å²) in [6.45, 7) is -0.782. The Kier molecular flexibility index (Phi) is 6.61. The van der Waals surface area contributed by atoms with E-state index in [9.17, 15) is 24.0 Å². The lowest BCUT2D eigenvalue weighted by atomic mass is 10.2. The highest BCUT2D eigenvalue weighted by molar-refractivity contribution is 7.12. The lowest BCUT2D eigenvalue weighted by Gasteiger charge is -2.11. The maximum Gasteiger partial charge on any atom is 0.338 e. The van der Waals surface area contributed by atoms with Gasteiger partial charge in [0.15, 0.2) is 6.61 Å². The number of esters is 1. The Balaban J connectivity index is 1.76. The number of hydrogen-bond acceptors (Lipinski definition) is 8. The van der Waals surface area contributed by atoms with Gasteiger partial charge in [-0.25, -0.2) is 9.59 Å². The number of thiophene rings is 1. The number of nitrogens with one attached hydrogen (secondary N) is 1. The van der Waals surface area contributed by atoms with Crippen molar-refractivity contribution in [2.75, 3.05) is 17.7 Å². The maximum atomic E-state index is 12.5. The van der Waals surface area contributed by atoms with E-state index in [1.165, 1.54) is 43.6 Å². The predicted octanol–water partition coefficient (Wildman–Crippen LogP) is 1.67. The van der Waals surface area contributed by atoms with Gasteiger partial charge in [0.05, 0.1) is 21.2 Å². The molecule has 0 aliphatic carbocycles. The number of Topliss-reactive ketones (excluding diaryl/α,β-unsaturated/α-hetero) is 1. The summed E-state index contributed by atoms with van der Waals surface area (Å²) in [5.41, 5.74) is 3.89. The number of ether oxygens (including phenoxy) is 1. The summed E-state index contributed by atoms with van der Waals surface area (Å²) in [5, 5.41) is 4.54. The number of amides is 1. The molecule has 0 unspecified atom stereocenters. The van der Waals surface area contributed by atoms with Gasteiger partial charge in [-0.05, 0) is 29.6 Å². The molecule has 0 bridgehead atoms. The molecule has 0 spiro atoms.